The maximum absolute atomic E-state index is 11.1. The molecule has 0 aromatic rings. The highest BCUT2D eigenvalue weighted by atomic mass is 79.9. The summed E-state index contributed by atoms with van der Waals surface area (Å²) in [6.07, 6.45) is 2.72. The number of rotatable bonds is 1. The minimum absolute atomic E-state index is 0.0974. The second kappa shape index (κ2) is 2.53. The lowest BCUT2D eigenvalue weighted by Gasteiger charge is -2.09. The van der Waals surface area contributed by atoms with E-state index in [1.807, 2.05) is 0 Å². The van der Waals surface area contributed by atoms with Crippen LogP contribution in [0.2, 0.25) is 0 Å². The lowest BCUT2D eigenvalue weighted by molar-refractivity contribution is -0.481. The molecule has 0 unspecified atom stereocenters. The number of hydroxylamine groups is 1. The molecule has 0 spiro atoms. The third kappa shape index (κ3) is 1.51. The van der Waals surface area contributed by atoms with Crippen LogP contribution in [0.15, 0.2) is 0 Å². The first-order chi connectivity index (χ1) is 4.55. The summed E-state index contributed by atoms with van der Waals surface area (Å²) < 4.78 is 1.06. The predicted molar refractivity (Wildman–Crippen MR) is 45.7 cm³/mol. The fourth-order valence-electron chi connectivity index (χ4n) is 1.32. The van der Waals surface area contributed by atoms with Gasteiger partial charge in [0, 0.05) is 11.8 Å². The SMILES string of the molecule is CC1(C)C=[N+]([O-])[C@@H](CBr)C1. The van der Waals surface area contributed by atoms with E-state index in [9.17, 15) is 5.21 Å². The van der Waals surface area contributed by atoms with Crippen molar-refractivity contribution in [3.63, 3.8) is 0 Å². The summed E-state index contributed by atoms with van der Waals surface area (Å²) in [6, 6.07) is 0.148. The summed E-state index contributed by atoms with van der Waals surface area (Å²) in [5.41, 5.74) is 0.0974. The van der Waals surface area contributed by atoms with E-state index in [1.54, 1.807) is 6.21 Å². The van der Waals surface area contributed by atoms with Crippen LogP contribution in [0.25, 0.3) is 0 Å². The minimum atomic E-state index is 0.0974. The maximum atomic E-state index is 11.1. The van der Waals surface area contributed by atoms with Gasteiger partial charge in [0.05, 0.1) is 5.33 Å². The van der Waals surface area contributed by atoms with Gasteiger partial charge in [0.1, 0.15) is 0 Å². The molecule has 58 valence electrons. The van der Waals surface area contributed by atoms with Crippen molar-refractivity contribution in [2.45, 2.75) is 26.3 Å². The molecule has 0 fully saturated rings. The van der Waals surface area contributed by atoms with E-state index in [0.717, 1.165) is 16.5 Å². The van der Waals surface area contributed by atoms with E-state index in [0.29, 0.717) is 0 Å². The molecule has 0 saturated heterocycles. The monoisotopic (exact) mass is 205 g/mol. The highest BCUT2D eigenvalue weighted by Gasteiger charge is 2.34. The summed E-state index contributed by atoms with van der Waals surface area (Å²) in [7, 11) is 0. The van der Waals surface area contributed by atoms with Crippen molar-refractivity contribution in [3.8, 4) is 0 Å². The van der Waals surface area contributed by atoms with Gasteiger partial charge in [-0.3, -0.25) is 0 Å². The molecule has 0 aromatic carbocycles. The molecule has 0 bridgehead atoms. The molecule has 10 heavy (non-hydrogen) atoms. The van der Waals surface area contributed by atoms with Gasteiger partial charge in [-0.15, -0.1) is 0 Å². The van der Waals surface area contributed by atoms with Crippen LogP contribution in [0.3, 0.4) is 0 Å². The molecular weight excluding hydrogens is 194 g/mol. The lowest BCUT2D eigenvalue weighted by Crippen LogP contribution is -2.18. The van der Waals surface area contributed by atoms with Crippen LogP contribution < -0.4 is 0 Å². The highest BCUT2D eigenvalue weighted by Crippen LogP contribution is 2.27. The smallest absolute Gasteiger partial charge is 0.173 e. The molecule has 0 aromatic heterocycles. The number of hydrogen-bond acceptors (Lipinski definition) is 1. The number of nitrogens with zero attached hydrogens (tertiary/aromatic N) is 1. The second-order valence-corrected chi connectivity index (χ2v) is 4.14. The van der Waals surface area contributed by atoms with Gasteiger partial charge in [0.25, 0.3) is 0 Å². The fourth-order valence-corrected chi connectivity index (χ4v) is 1.84. The van der Waals surface area contributed by atoms with Gasteiger partial charge in [-0.25, -0.2) is 4.74 Å². The van der Waals surface area contributed by atoms with Crippen molar-refractivity contribution in [2.24, 2.45) is 5.41 Å². The van der Waals surface area contributed by atoms with E-state index in [4.69, 9.17) is 0 Å². The van der Waals surface area contributed by atoms with Gasteiger partial charge in [0.15, 0.2) is 12.3 Å². The molecule has 1 atom stereocenters. The summed E-state index contributed by atoms with van der Waals surface area (Å²) in [5, 5.41) is 11.8. The van der Waals surface area contributed by atoms with Crippen molar-refractivity contribution >= 4 is 22.1 Å². The zero-order valence-electron chi connectivity index (χ0n) is 6.30. The average molecular weight is 206 g/mol. The van der Waals surface area contributed by atoms with E-state index >= 15 is 0 Å². The van der Waals surface area contributed by atoms with Gasteiger partial charge in [-0.1, -0.05) is 29.8 Å². The van der Waals surface area contributed by atoms with Gasteiger partial charge in [-0.2, -0.15) is 0 Å². The molecular formula is C7H12BrNO. The standard InChI is InChI=1S/C7H12BrNO/c1-7(2)3-6(4-8)9(10)5-7/h5-6H,3-4H2,1-2H3/t6-/m1/s1. The number of halogens is 1. The minimum Gasteiger partial charge on any atom is -0.624 e. The quantitative estimate of drug-likeness (QED) is 0.364. The number of alkyl halides is 1. The molecule has 1 heterocycles. The Balaban J connectivity index is 2.68. The fraction of sp³-hybridized carbons (Fsp3) is 0.857. The Bertz CT molecular complexity index is 165. The summed E-state index contributed by atoms with van der Waals surface area (Å²) in [4.78, 5) is 0. The normalized spacial score (nSPS) is 30.3. The van der Waals surface area contributed by atoms with Crippen molar-refractivity contribution in [2.75, 3.05) is 5.33 Å². The first kappa shape index (κ1) is 8.05. The summed E-state index contributed by atoms with van der Waals surface area (Å²) in [6.45, 7) is 4.17. The molecule has 0 saturated carbocycles. The second-order valence-electron chi connectivity index (χ2n) is 3.49. The van der Waals surface area contributed by atoms with Crippen LogP contribution in [-0.2, 0) is 0 Å². The Kier molecular flexibility index (Phi) is 2.04. The van der Waals surface area contributed by atoms with Crippen LogP contribution in [-0.4, -0.2) is 22.3 Å². The van der Waals surface area contributed by atoms with Gasteiger partial charge in [0.2, 0.25) is 0 Å². The number of hydrogen-bond donors (Lipinski definition) is 0. The third-order valence-electron chi connectivity index (χ3n) is 1.78. The molecule has 3 heteroatoms. The van der Waals surface area contributed by atoms with Crippen LogP contribution in [0.5, 0.6) is 0 Å². The zero-order valence-corrected chi connectivity index (χ0v) is 7.89. The van der Waals surface area contributed by atoms with Crippen molar-refractivity contribution in [1.82, 2.24) is 0 Å². The van der Waals surface area contributed by atoms with E-state index in [-0.39, 0.29) is 11.5 Å². The molecule has 0 aliphatic carbocycles. The first-order valence-electron chi connectivity index (χ1n) is 3.42. The Hall–Kier alpha value is -0.0500. The predicted octanol–water partition coefficient (Wildman–Crippen LogP) is 1.76. The van der Waals surface area contributed by atoms with Gasteiger partial charge in [-0.05, 0) is 0 Å². The van der Waals surface area contributed by atoms with Crippen molar-refractivity contribution < 1.29 is 4.74 Å². The average Bonchev–Trinajstić information content (AvgIpc) is 2.05. The Morgan fingerprint density at radius 3 is 2.60 bits per heavy atom. The first-order valence-corrected chi connectivity index (χ1v) is 4.55. The van der Waals surface area contributed by atoms with E-state index < -0.39 is 0 Å². The van der Waals surface area contributed by atoms with E-state index in [2.05, 4.69) is 29.8 Å². The molecule has 2 nitrogen and oxygen atoms in total. The maximum Gasteiger partial charge on any atom is 0.173 e. The van der Waals surface area contributed by atoms with Crippen LogP contribution in [0, 0.1) is 10.6 Å². The summed E-state index contributed by atoms with van der Waals surface area (Å²) in [5.74, 6) is 0. The highest BCUT2D eigenvalue weighted by molar-refractivity contribution is 9.09. The Labute approximate surface area is 69.6 Å². The largest absolute Gasteiger partial charge is 0.624 e. The Morgan fingerprint density at radius 1 is 1.80 bits per heavy atom. The zero-order chi connectivity index (χ0) is 7.78. The molecule has 0 radical (unpaired) electrons. The lowest BCUT2D eigenvalue weighted by atomic mass is 9.91. The van der Waals surface area contributed by atoms with Gasteiger partial charge < -0.3 is 5.21 Å². The molecule has 1 aliphatic rings. The van der Waals surface area contributed by atoms with Crippen LogP contribution >= 0.6 is 15.9 Å². The van der Waals surface area contributed by atoms with Gasteiger partial charge >= 0.3 is 0 Å². The molecule has 0 amide bonds. The van der Waals surface area contributed by atoms with E-state index in [1.165, 1.54) is 0 Å². The molecule has 1 aliphatic heterocycles. The summed E-state index contributed by atoms with van der Waals surface area (Å²) >= 11 is 3.31. The third-order valence-corrected chi connectivity index (χ3v) is 2.52. The van der Waals surface area contributed by atoms with Crippen molar-refractivity contribution in [3.05, 3.63) is 5.21 Å². The Morgan fingerprint density at radius 2 is 2.40 bits per heavy atom. The van der Waals surface area contributed by atoms with Crippen molar-refractivity contribution in [1.29, 1.82) is 0 Å². The topological polar surface area (TPSA) is 26.1 Å². The van der Waals surface area contributed by atoms with Crippen LogP contribution in [0.4, 0.5) is 0 Å². The molecule has 1 rings (SSSR count). The molecule has 0 N–H and O–H groups in total. The van der Waals surface area contributed by atoms with Crippen LogP contribution in [0.1, 0.15) is 20.3 Å².